The molecular weight excluding hydrogens is 424 g/mol. The highest BCUT2D eigenvalue weighted by atomic mass is 32.1. The van der Waals surface area contributed by atoms with E-state index in [0.29, 0.717) is 0 Å². The SMILES string of the molecule is COc1ccc(-c2nc(CN3CCN(c4cc(C)nc(N(C)C)n4)CC3)cs2)c(OC)c1. The minimum Gasteiger partial charge on any atom is -0.497 e. The van der Waals surface area contributed by atoms with E-state index in [-0.39, 0.29) is 0 Å². The smallest absolute Gasteiger partial charge is 0.226 e. The Morgan fingerprint density at radius 3 is 2.47 bits per heavy atom. The molecule has 1 aromatic carbocycles. The number of nitrogens with zero attached hydrogens (tertiary/aromatic N) is 6. The van der Waals surface area contributed by atoms with E-state index >= 15 is 0 Å². The summed E-state index contributed by atoms with van der Waals surface area (Å²) in [5.74, 6) is 3.31. The molecule has 0 radical (unpaired) electrons. The lowest BCUT2D eigenvalue weighted by Crippen LogP contribution is -2.46. The Kier molecular flexibility index (Phi) is 6.76. The summed E-state index contributed by atoms with van der Waals surface area (Å²) >= 11 is 1.65. The second kappa shape index (κ2) is 9.70. The summed E-state index contributed by atoms with van der Waals surface area (Å²) < 4.78 is 10.8. The van der Waals surface area contributed by atoms with Gasteiger partial charge in [-0.1, -0.05) is 0 Å². The van der Waals surface area contributed by atoms with Crippen molar-refractivity contribution in [2.75, 3.05) is 64.3 Å². The van der Waals surface area contributed by atoms with Crippen molar-refractivity contribution in [3.05, 3.63) is 41.0 Å². The fourth-order valence-electron chi connectivity index (χ4n) is 3.74. The van der Waals surface area contributed by atoms with Crippen LogP contribution in [0.15, 0.2) is 29.6 Å². The number of ether oxygens (including phenoxy) is 2. The summed E-state index contributed by atoms with van der Waals surface area (Å²) in [6.45, 7) is 6.68. The Morgan fingerprint density at radius 1 is 1.00 bits per heavy atom. The number of rotatable bonds is 7. The standard InChI is InChI=1S/C23H30N6O2S/c1-16-12-21(26-23(24-16)27(2)3)29-10-8-28(9-11-29)14-17-15-32-22(25-17)19-7-6-18(30-4)13-20(19)31-5/h6-7,12-13,15H,8-11,14H2,1-5H3. The third-order valence-electron chi connectivity index (χ3n) is 5.50. The van der Waals surface area contributed by atoms with E-state index < -0.39 is 0 Å². The van der Waals surface area contributed by atoms with Crippen molar-refractivity contribution in [2.24, 2.45) is 0 Å². The molecule has 1 aliphatic rings. The molecular formula is C23H30N6O2S. The Bertz CT molecular complexity index is 1060. The summed E-state index contributed by atoms with van der Waals surface area (Å²) in [5.41, 5.74) is 3.07. The predicted octanol–water partition coefficient (Wildman–Crippen LogP) is 3.31. The van der Waals surface area contributed by atoms with Crippen molar-refractivity contribution in [1.29, 1.82) is 0 Å². The highest BCUT2D eigenvalue weighted by molar-refractivity contribution is 7.13. The lowest BCUT2D eigenvalue weighted by Gasteiger charge is -2.35. The van der Waals surface area contributed by atoms with Crippen LogP contribution in [-0.2, 0) is 6.54 Å². The topological polar surface area (TPSA) is 66.9 Å². The molecule has 1 fully saturated rings. The van der Waals surface area contributed by atoms with E-state index in [4.69, 9.17) is 19.4 Å². The minimum atomic E-state index is 0.756. The van der Waals surface area contributed by atoms with Crippen molar-refractivity contribution in [3.63, 3.8) is 0 Å². The molecule has 170 valence electrons. The van der Waals surface area contributed by atoms with Crippen molar-refractivity contribution >= 4 is 23.1 Å². The van der Waals surface area contributed by atoms with E-state index in [9.17, 15) is 0 Å². The molecule has 0 saturated carbocycles. The zero-order valence-corrected chi connectivity index (χ0v) is 20.1. The van der Waals surface area contributed by atoms with Crippen molar-refractivity contribution in [3.8, 4) is 22.1 Å². The maximum atomic E-state index is 5.54. The number of thiazole rings is 1. The molecule has 0 amide bonds. The number of anilines is 2. The number of hydrogen-bond donors (Lipinski definition) is 0. The maximum absolute atomic E-state index is 5.54. The average Bonchev–Trinajstić information content (AvgIpc) is 3.26. The molecule has 0 spiro atoms. The number of aromatic nitrogens is 3. The summed E-state index contributed by atoms with van der Waals surface area (Å²) in [6.07, 6.45) is 0. The van der Waals surface area contributed by atoms with E-state index in [1.807, 2.05) is 44.1 Å². The van der Waals surface area contributed by atoms with E-state index in [1.54, 1.807) is 25.6 Å². The number of aryl methyl sites for hydroxylation is 1. The van der Waals surface area contributed by atoms with Gasteiger partial charge in [0, 0.05) is 70.0 Å². The first-order valence-corrected chi connectivity index (χ1v) is 11.5. The second-order valence-corrected chi connectivity index (χ2v) is 8.89. The molecule has 0 bridgehead atoms. The predicted molar refractivity (Wildman–Crippen MR) is 129 cm³/mol. The Hall–Kier alpha value is -2.91. The number of methoxy groups -OCH3 is 2. The lowest BCUT2D eigenvalue weighted by atomic mass is 10.2. The normalized spacial score (nSPS) is 14.5. The molecule has 0 unspecified atom stereocenters. The van der Waals surface area contributed by atoms with Gasteiger partial charge in [-0.15, -0.1) is 11.3 Å². The molecule has 32 heavy (non-hydrogen) atoms. The third kappa shape index (κ3) is 4.94. The van der Waals surface area contributed by atoms with Gasteiger partial charge in [0.25, 0.3) is 0 Å². The van der Waals surface area contributed by atoms with Crippen LogP contribution in [0.1, 0.15) is 11.4 Å². The molecule has 2 aromatic heterocycles. The Balaban J connectivity index is 1.39. The highest BCUT2D eigenvalue weighted by Crippen LogP contribution is 2.35. The van der Waals surface area contributed by atoms with E-state index in [1.165, 1.54) is 0 Å². The van der Waals surface area contributed by atoms with Crippen LogP contribution in [0.5, 0.6) is 11.5 Å². The first-order chi connectivity index (χ1) is 15.5. The highest BCUT2D eigenvalue weighted by Gasteiger charge is 2.21. The van der Waals surface area contributed by atoms with Gasteiger partial charge in [-0.05, 0) is 19.1 Å². The van der Waals surface area contributed by atoms with Gasteiger partial charge in [0.05, 0.1) is 25.5 Å². The average molecular weight is 455 g/mol. The Labute approximate surface area is 193 Å². The van der Waals surface area contributed by atoms with Gasteiger partial charge in [-0.2, -0.15) is 4.98 Å². The summed E-state index contributed by atoms with van der Waals surface area (Å²) in [6, 6.07) is 7.91. The number of benzene rings is 1. The number of hydrogen-bond acceptors (Lipinski definition) is 9. The summed E-state index contributed by atoms with van der Waals surface area (Å²) in [5, 5.41) is 3.11. The third-order valence-corrected chi connectivity index (χ3v) is 6.43. The fraction of sp³-hybridized carbons (Fsp3) is 0.435. The van der Waals surface area contributed by atoms with Gasteiger partial charge in [-0.25, -0.2) is 9.97 Å². The van der Waals surface area contributed by atoms with Crippen LogP contribution in [0.2, 0.25) is 0 Å². The van der Waals surface area contributed by atoms with Gasteiger partial charge in [0.15, 0.2) is 0 Å². The number of piperazine rings is 1. The summed E-state index contributed by atoms with van der Waals surface area (Å²) in [4.78, 5) is 20.8. The van der Waals surface area contributed by atoms with Crippen molar-refractivity contribution < 1.29 is 9.47 Å². The molecule has 8 nitrogen and oxygen atoms in total. The molecule has 0 aliphatic carbocycles. The van der Waals surface area contributed by atoms with Crippen LogP contribution < -0.4 is 19.3 Å². The Morgan fingerprint density at radius 2 is 1.78 bits per heavy atom. The van der Waals surface area contributed by atoms with E-state index in [0.717, 1.165) is 77.9 Å². The monoisotopic (exact) mass is 454 g/mol. The largest absolute Gasteiger partial charge is 0.497 e. The van der Waals surface area contributed by atoms with Gasteiger partial charge in [0.1, 0.15) is 22.3 Å². The van der Waals surface area contributed by atoms with Crippen LogP contribution >= 0.6 is 11.3 Å². The molecule has 1 aliphatic heterocycles. The van der Waals surface area contributed by atoms with Crippen LogP contribution in [0, 0.1) is 6.92 Å². The van der Waals surface area contributed by atoms with Gasteiger partial charge >= 0.3 is 0 Å². The summed E-state index contributed by atoms with van der Waals surface area (Å²) in [7, 11) is 7.27. The molecule has 9 heteroatoms. The molecule has 1 saturated heterocycles. The first-order valence-electron chi connectivity index (χ1n) is 10.6. The molecule has 3 aromatic rings. The van der Waals surface area contributed by atoms with E-state index in [2.05, 4.69) is 26.2 Å². The zero-order valence-electron chi connectivity index (χ0n) is 19.3. The molecule has 0 N–H and O–H groups in total. The molecule has 0 atom stereocenters. The fourth-order valence-corrected chi connectivity index (χ4v) is 4.58. The maximum Gasteiger partial charge on any atom is 0.226 e. The van der Waals surface area contributed by atoms with Gasteiger partial charge in [-0.3, -0.25) is 4.90 Å². The van der Waals surface area contributed by atoms with Gasteiger partial charge in [0.2, 0.25) is 5.95 Å². The second-order valence-electron chi connectivity index (χ2n) is 8.04. The van der Waals surface area contributed by atoms with Gasteiger partial charge < -0.3 is 19.3 Å². The lowest BCUT2D eigenvalue weighted by molar-refractivity contribution is 0.247. The quantitative estimate of drug-likeness (QED) is 0.539. The van der Waals surface area contributed by atoms with Crippen LogP contribution in [0.4, 0.5) is 11.8 Å². The van der Waals surface area contributed by atoms with Crippen LogP contribution in [0.25, 0.3) is 10.6 Å². The zero-order chi connectivity index (χ0) is 22.7. The first kappa shape index (κ1) is 22.3. The van der Waals surface area contributed by atoms with Crippen molar-refractivity contribution in [2.45, 2.75) is 13.5 Å². The molecule has 4 rings (SSSR count). The van der Waals surface area contributed by atoms with Crippen LogP contribution in [0.3, 0.4) is 0 Å². The molecule has 3 heterocycles. The minimum absolute atomic E-state index is 0.756. The van der Waals surface area contributed by atoms with Crippen LogP contribution in [-0.4, -0.2) is 74.3 Å². The van der Waals surface area contributed by atoms with Crippen molar-refractivity contribution in [1.82, 2.24) is 19.9 Å².